The average Bonchev–Trinajstić information content (AvgIpc) is 2.55. The molecule has 2 aromatic carbocycles. The molecular formula is C18H19Cl2NO4S. The number of esters is 1. The summed E-state index contributed by atoms with van der Waals surface area (Å²) in [5, 5.41) is 0.355. The minimum absolute atomic E-state index is 0.0650. The molecular weight excluding hydrogens is 397 g/mol. The van der Waals surface area contributed by atoms with Crippen molar-refractivity contribution in [2.24, 2.45) is 0 Å². The molecule has 5 nitrogen and oxygen atoms in total. The Morgan fingerprint density at radius 2 is 1.69 bits per heavy atom. The Morgan fingerprint density at radius 3 is 2.23 bits per heavy atom. The standard InChI is InChI=1S/C18H19Cl2NO4S/c1-12(2)25-18(22)11-21(14-6-4-13(3)5-7-14)26(23,24)15-8-9-16(19)17(20)10-15/h4-10,12H,11H2,1-3H3. The molecule has 0 fully saturated rings. The van der Waals surface area contributed by atoms with Crippen LogP contribution in [0.15, 0.2) is 47.4 Å². The third-order valence-corrected chi connectivity index (χ3v) is 5.95. The Bertz CT molecular complexity index is 896. The van der Waals surface area contributed by atoms with Crippen LogP contribution in [0, 0.1) is 6.92 Å². The van der Waals surface area contributed by atoms with Gasteiger partial charge in [-0.15, -0.1) is 0 Å². The van der Waals surface area contributed by atoms with Crippen LogP contribution in [0.5, 0.6) is 0 Å². The monoisotopic (exact) mass is 415 g/mol. The van der Waals surface area contributed by atoms with Crippen LogP contribution in [0.3, 0.4) is 0 Å². The molecule has 0 spiro atoms. The topological polar surface area (TPSA) is 63.7 Å². The van der Waals surface area contributed by atoms with Gasteiger partial charge < -0.3 is 4.74 Å². The van der Waals surface area contributed by atoms with Gasteiger partial charge in [-0.05, 0) is 51.1 Å². The van der Waals surface area contributed by atoms with Crippen molar-refractivity contribution in [2.45, 2.75) is 31.8 Å². The lowest BCUT2D eigenvalue weighted by Crippen LogP contribution is -2.37. The number of aryl methyl sites for hydroxylation is 1. The van der Waals surface area contributed by atoms with E-state index in [1.165, 1.54) is 18.2 Å². The number of anilines is 1. The van der Waals surface area contributed by atoms with E-state index in [1.54, 1.807) is 38.1 Å². The molecule has 0 unspecified atom stereocenters. The van der Waals surface area contributed by atoms with E-state index in [1.807, 2.05) is 6.92 Å². The predicted octanol–water partition coefficient (Wildman–Crippen LogP) is 4.45. The molecule has 2 rings (SSSR count). The molecule has 140 valence electrons. The van der Waals surface area contributed by atoms with Crippen molar-refractivity contribution in [2.75, 3.05) is 10.8 Å². The first kappa shape index (κ1) is 20.6. The van der Waals surface area contributed by atoms with E-state index in [0.29, 0.717) is 5.69 Å². The molecule has 0 radical (unpaired) electrons. The Kier molecular flexibility index (Phi) is 6.55. The molecule has 0 aliphatic heterocycles. The SMILES string of the molecule is Cc1ccc(N(CC(=O)OC(C)C)S(=O)(=O)c2ccc(Cl)c(Cl)c2)cc1. The summed E-state index contributed by atoms with van der Waals surface area (Å²) in [5.41, 5.74) is 1.31. The number of sulfonamides is 1. The minimum Gasteiger partial charge on any atom is -0.462 e. The highest BCUT2D eigenvalue weighted by Gasteiger charge is 2.28. The molecule has 0 bridgehead atoms. The number of hydrogen-bond acceptors (Lipinski definition) is 4. The smallest absolute Gasteiger partial charge is 0.327 e. The molecule has 0 heterocycles. The van der Waals surface area contributed by atoms with Gasteiger partial charge in [0.1, 0.15) is 6.54 Å². The summed E-state index contributed by atoms with van der Waals surface area (Å²) in [6.45, 7) is 4.82. The lowest BCUT2D eigenvalue weighted by molar-refractivity contribution is -0.145. The second-order valence-corrected chi connectivity index (χ2v) is 8.64. The number of carbonyl (C=O) groups excluding carboxylic acids is 1. The van der Waals surface area contributed by atoms with Crippen molar-refractivity contribution < 1.29 is 17.9 Å². The van der Waals surface area contributed by atoms with Gasteiger partial charge in [0.15, 0.2) is 0 Å². The third-order valence-electron chi connectivity index (χ3n) is 3.44. The zero-order valence-electron chi connectivity index (χ0n) is 14.6. The van der Waals surface area contributed by atoms with E-state index in [0.717, 1.165) is 9.87 Å². The fourth-order valence-corrected chi connectivity index (χ4v) is 4.01. The van der Waals surface area contributed by atoms with Gasteiger partial charge in [0, 0.05) is 0 Å². The van der Waals surface area contributed by atoms with Crippen LogP contribution < -0.4 is 4.31 Å². The van der Waals surface area contributed by atoms with Crippen LogP contribution in [-0.4, -0.2) is 27.0 Å². The molecule has 0 saturated heterocycles. The van der Waals surface area contributed by atoms with E-state index in [2.05, 4.69) is 0 Å². The van der Waals surface area contributed by atoms with Crippen LogP contribution in [0.1, 0.15) is 19.4 Å². The number of halogens is 2. The largest absolute Gasteiger partial charge is 0.462 e. The molecule has 0 atom stereocenters. The normalized spacial score (nSPS) is 11.5. The Morgan fingerprint density at radius 1 is 1.08 bits per heavy atom. The van der Waals surface area contributed by atoms with E-state index < -0.39 is 22.5 Å². The average molecular weight is 416 g/mol. The molecule has 0 aliphatic rings. The molecule has 0 saturated carbocycles. The number of rotatable bonds is 6. The molecule has 0 aliphatic carbocycles. The van der Waals surface area contributed by atoms with Crippen LogP contribution in [0.2, 0.25) is 10.0 Å². The fourth-order valence-electron chi connectivity index (χ4n) is 2.21. The molecule has 8 heteroatoms. The molecule has 0 N–H and O–H groups in total. The van der Waals surface area contributed by atoms with Crippen LogP contribution in [0.4, 0.5) is 5.69 Å². The summed E-state index contributed by atoms with van der Waals surface area (Å²) in [4.78, 5) is 12.1. The van der Waals surface area contributed by atoms with E-state index in [-0.39, 0.29) is 21.0 Å². The van der Waals surface area contributed by atoms with E-state index in [4.69, 9.17) is 27.9 Å². The van der Waals surface area contributed by atoms with Crippen molar-refractivity contribution in [1.82, 2.24) is 0 Å². The van der Waals surface area contributed by atoms with Gasteiger partial charge in [0.25, 0.3) is 10.0 Å². The second-order valence-electron chi connectivity index (χ2n) is 5.96. The van der Waals surface area contributed by atoms with Gasteiger partial charge in [-0.2, -0.15) is 0 Å². The number of ether oxygens (including phenoxy) is 1. The zero-order valence-corrected chi connectivity index (χ0v) is 16.9. The zero-order chi connectivity index (χ0) is 19.5. The van der Waals surface area contributed by atoms with Crippen LogP contribution in [-0.2, 0) is 19.6 Å². The highest BCUT2D eigenvalue weighted by molar-refractivity contribution is 7.92. The highest BCUT2D eigenvalue weighted by atomic mass is 35.5. The summed E-state index contributed by atoms with van der Waals surface area (Å²) in [6.07, 6.45) is -0.352. The first-order valence-corrected chi connectivity index (χ1v) is 10.0. The number of benzene rings is 2. The van der Waals surface area contributed by atoms with Gasteiger partial charge >= 0.3 is 5.97 Å². The lowest BCUT2D eigenvalue weighted by Gasteiger charge is -2.24. The summed E-state index contributed by atoms with van der Waals surface area (Å²) in [7, 11) is -4.05. The predicted molar refractivity (Wildman–Crippen MR) is 103 cm³/mol. The lowest BCUT2D eigenvalue weighted by atomic mass is 10.2. The quantitative estimate of drug-likeness (QED) is 0.653. The first-order valence-electron chi connectivity index (χ1n) is 7.85. The van der Waals surface area contributed by atoms with Gasteiger partial charge in [0.2, 0.25) is 0 Å². The highest BCUT2D eigenvalue weighted by Crippen LogP contribution is 2.29. The summed E-state index contributed by atoms with van der Waals surface area (Å²) in [5.74, 6) is -0.649. The summed E-state index contributed by atoms with van der Waals surface area (Å²) >= 11 is 11.8. The molecule has 26 heavy (non-hydrogen) atoms. The van der Waals surface area contributed by atoms with Crippen LogP contribution >= 0.6 is 23.2 Å². The molecule has 0 amide bonds. The van der Waals surface area contributed by atoms with Gasteiger partial charge in [0.05, 0.1) is 26.7 Å². The van der Waals surface area contributed by atoms with Crippen molar-refractivity contribution in [1.29, 1.82) is 0 Å². The first-order chi connectivity index (χ1) is 12.1. The van der Waals surface area contributed by atoms with Crippen molar-refractivity contribution in [3.05, 3.63) is 58.1 Å². The Hall–Kier alpha value is -1.76. The van der Waals surface area contributed by atoms with Crippen molar-refractivity contribution >= 4 is 44.9 Å². The summed E-state index contributed by atoms with van der Waals surface area (Å²) in [6, 6.07) is 10.8. The number of hydrogen-bond donors (Lipinski definition) is 0. The van der Waals surface area contributed by atoms with Crippen molar-refractivity contribution in [3.63, 3.8) is 0 Å². The fraction of sp³-hybridized carbons (Fsp3) is 0.278. The number of nitrogens with zero attached hydrogens (tertiary/aromatic N) is 1. The van der Waals surface area contributed by atoms with Crippen LogP contribution in [0.25, 0.3) is 0 Å². The maximum atomic E-state index is 13.1. The second kappa shape index (κ2) is 8.29. The third kappa shape index (κ3) is 4.90. The minimum atomic E-state index is -4.05. The maximum absolute atomic E-state index is 13.1. The van der Waals surface area contributed by atoms with Gasteiger partial charge in [-0.25, -0.2) is 8.42 Å². The summed E-state index contributed by atoms with van der Waals surface area (Å²) < 4.78 is 32.3. The molecule has 2 aromatic rings. The number of carbonyl (C=O) groups is 1. The van der Waals surface area contributed by atoms with E-state index >= 15 is 0 Å². The Balaban J connectivity index is 2.48. The van der Waals surface area contributed by atoms with Crippen molar-refractivity contribution in [3.8, 4) is 0 Å². The van der Waals surface area contributed by atoms with Gasteiger partial charge in [-0.1, -0.05) is 40.9 Å². The van der Waals surface area contributed by atoms with E-state index in [9.17, 15) is 13.2 Å². The van der Waals surface area contributed by atoms with Gasteiger partial charge in [-0.3, -0.25) is 9.10 Å². The maximum Gasteiger partial charge on any atom is 0.327 e. The Labute approximate surface area is 163 Å². The molecule has 0 aromatic heterocycles.